The molecule has 0 radical (unpaired) electrons. The molecule has 0 aliphatic heterocycles. The molecule has 2 N–H and O–H groups in total. The molecule has 0 heterocycles. The highest BCUT2D eigenvalue weighted by atomic mass is 19.1. The maximum Gasteiger partial charge on any atom is 0.0965 e. The second-order valence-corrected chi connectivity index (χ2v) is 7.03. The van der Waals surface area contributed by atoms with Crippen molar-refractivity contribution in [2.45, 2.75) is 45.6 Å². The molecule has 2 unspecified atom stereocenters. The lowest BCUT2D eigenvalue weighted by molar-refractivity contribution is 0.0985. The monoisotopic (exact) mass is 319 g/mol. The molecule has 0 saturated carbocycles. The highest BCUT2D eigenvalue weighted by Gasteiger charge is 2.35. The van der Waals surface area contributed by atoms with E-state index in [0.29, 0.717) is 18.9 Å². The maximum atomic E-state index is 14.2. The van der Waals surface area contributed by atoms with Gasteiger partial charge in [-0.15, -0.1) is 0 Å². The van der Waals surface area contributed by atoms with Crippen LogP contribution in [-0.2, 0) is 0 Å². The summed E-state index contributed by atoms with van der Waals surface area (Å²) in [6.07, 6.45) is 2.67. The summed E-state index contributed by atoms with van der Waals surface area (Å²) in [7, 11) is 0. The number of benzene rings is 1. The average molecular weight is 319 g/mol. The molecule has 2 rings (SSSR count). The number of likely N-dealkylation sites (N-methyl/N-ethyl adjacent to an activating group) is 1. The fraction of sp³-hybridized carbons (Fsp3) is 0.600. The predicted molar refractivity (Wildman–Crippen MR) is 94.0 cm³/mol. The highest BCUT2D eigenvalue weighted by Crippen LogP contribution is 2.42. The highest BCUT2D eigenvalue weighted by molar-refractivity contribution is 5.23. The molecular formula is C20H30FNO. The van der Waals surface area contributed by atoms with Crippen molar-refractivity contribution in [2.24, 2.45) is 17.8 Å². The Morgan fingerprint density at radius 3 is 2.57 bits per heavy atom. The van der Waals surface area contributed by atoms with E-state index in [9.17, 15) is 9.50 Å². The number of halogens is 1. The van der Waals surface area contributed by atoms with E-state index in [1.165, 1.54) is 0 Å². The fourth-order valence-corrected chi connectivity index (χ4v) is 3.69. The molecule has 1 aromatic carbocycles. The number of allylic oxidation sites excluding steroid dienone is 2. The van der Waals surface area contributed by atoms with Crippen molar-refractivity contribution in [3.63, 3.8) is 0 Å². The normalized spacial score (nSPS) is 24.3. The number of aliphatic hydroxyl groups excluding tert-OH is 1. The lowest BCUT2D eigenvalue weighted by Crippen LogP contribution is -2.37. The van der Waals surface area contributed by atoms with Gasteiger partial charge in [-0.2, -0.15) is 0 Å². The third-order valence-electron chi connectivity index (χ3n) is 4.99. The van der Waals surface area contributed by atoms with Crippen LogP contribution in [0.1, 0.15) is 45.1 Å². The first-order chi connectivity index (χ1) is 11.0. The molecule has 0 amide bonds. The lowest BCUT2D eigenvalue weighted by Gasteiger charge is -2.36. The number of aliphatic hydroxyl groups is 1. The second kappa shape index (κ2) is 8.60. The Balaban J connectivity index is 2.25. The van der Waals surface area contributed by atoms with Crippen molar-refractivity contribution in [3.8, 4) is 0 Å². The van der Waals surface area contributed by atoms with E-state index in [-0.39, 0.29) is 23.6 Å². The van der Waals surface area contributed by atoms with Crippen LogP contribution >= 0.6 is 0 Å². The Bertz CT molecular complexity index is 500. The van der Waals surface area contributed by atoms with Gasteiger partial charge in [0.1, 0.15) is 0 Å². The van der Waals surface area contributed by atoms with E-state index in [1.54, 1.807) is 6.08 Å². The average Bonchev–Trinajstić information content (AvgIpc) is 2.53. The zero-order chi connectivity index (χ0) is 16.8. The first-order valence-electron chi connectivity index (χ1n) is 8.82. The standard InChI is InChI=1S/C20H30FNO/c1-4-22-13-19(23)20(15-8-6-5-7-9-15)17-10-16(14(2)3)11-18(21)12-17/h5-9,11,14,16-17,19-20,22-23H,4,10,12-13H2,1-3H3/t16?,17?,19-,20+/m0/s1. The zero-order valence-corrected chi connectivity index (χ0v) is 14.5. The minimum absolute atomic E-state index is 0.0171. The molecule has 4 atom stereocenters. The molecule has 1 aliphatic rings. The molecule has 0 saturated heterocycles. The van der Waals surface area contributed by atoms with Gasteiger partial charge >= 0.3 is 0 Å². The van der Waals surface area contributed by atoms with Crippen LogP contribution in [0.25, 0.3) is 0 Å². The molecule has 128 valence electrons. The van der Waals surface area contributed by atoms with Crippen LogP contribution in [-0.4, -0.2) is 24.3 Å². The molecule has 0 fully saturated rings. The van der Waals surface area contributed by atoms with Crippen molar-refractivity contribution in [2.75, 3.05) is 13.1 Å². The van der Waals surface area contributed by atoms with E-state index in [2.05, 4.69) is 31.3 Å². The van der Waals surface area contributed by atoms with Crippen LogP contribution in [0, 0.1) is 17.8 Å². The number of nitrogens with one attached hydrogen (secondary N) is 1. The quantitative estimate of drug-likeness (QED) is 0.786. The van der Waals surface area contributed by atoms with Gasteiger partial charge in [0.05, 0.1) is 11.9 Å². The summed E-state index contributed by atoms with van der Waals surface area (Å²) in [4.78, 5) is 0. The van der Waals surface area contributed by atoms with Crippen LogP contribution < -0.4 is 5.32 Å². The van der Waals surface area contributed by atoms with E-state index < -0.39 is 6.10 Å². The van der Waals surface area contributed by atoms with Crippen LogP contribution in [0.4, 0.5) is 4.39 Å². The van der Waals surface area contributed by atoms with Gasteiger partial charge in [-0.3, -0.25) is 0 Å². The van der Waals surface area contributed by atoms with Crippen LogP contribution in [0.3, 0.4) is 0 Å². The van der Waals surface area contributed by atoms with Gasteiger partial charge < -0.3 is 10.4 Å². The van der Waals surface area contributed by atoms with E-state index in [0.717, 1.165) is 18.5 Å². The van der Waals surface area contributed by atoms with E-state index in [4.69, 9.17) is 0 Å². The lowest BCUT2D eigenvalue weighted by atomic mass is 9.71. The van der Waals surface area contributed by atoms with E-state index in [1.807, 2.05) is 25.1 Å². The van der Waals surface area contributed by atoms with Crippen molar-refractivity contribution in [3.05, 3.63) is 47.8 Å². The zero-order valence-electron chi connectivity index (χ0n) is 14.5. The molecule has 3 heteroatoms. The first kappa shape index (κ1) is 18.2. The Morgan fingerprint density at radius 2 is 1.96 bits per heavy atom. The van der Waals surface area contributed by atoms with Gasteiger partial charge in [0, 0.05) is 18.9 Å². The van der Waals surface area contributed by atoms with E-state index >= 15 is 0 Å². The molecule has 0 bridgehead atoms. The minimum atomic E-state index is -0.499. The molecular weight excluding hydrogens is 289 g/mol. The Morgan fingerprint density at radius 1 is 1.26 bits per heavy atom. The summed E-state index contributed by atoms with van der Waals surface area (Å²) in [5.41, 5.74) is 1.11. The van der Waals surface area contributed by atoms with Crippen molar-refractivity contribution in [1.82, 2.24) is 5.32 Å². The topological polar surface area (TPSA) is 32.3 Å². The van der Waals surface area contributed by atoms with Gasteiger partial charge in [0.15, 0.2) is 0 Å². The predicted octanol–water partition coefficient (Wildman–Crippen LogP) is 4.28. The van der Waals surface area contributed by atoms with Crippen LogP contribution in [0.2, 0.25) is 0 Å². The van der Waals surface area contributed by atoms with Crippen molar-refractivity contribution in [1.29, 1.82) is 0 Å². The third kappa shape index (κ3) is 4.89. The number of rotatable bonds is 7. The van der Waals surface area contributed by atoms with Gasteiger partial charge in [0.2, 0.25) is 0 Å². The third-order valence-corrected chi connectivity index (χ3v) is 4.99. The van der Waals surface area contributed by atoms with Gasteiger partial charge in [-0.25, -0.2) is 4.39 Å². The number of hydrogen-bond donors (Lipinski definition) is 2. The minimum Gasteiger partial charge on any atom is -0.391 e. The Labute approximate surface area is 139 Å². The molecule has 1 aromatic rings. The first-order valence-corrected chi connectivity index (χ1v) is 8.82. The van der Waals surface area contributed by atoms with Gasteiger partial charge in [0.25, 0.3) is 0 Å². The molecule has 0 spiro atoms. The van der Waals surface area contributed by atoms with Crippen molar-refractivity contribution < 1.29 is 9.50 Å². The van der Waals surface area contributed by atoms with Crippen molar-refractivity contribution >= 4 is 0 Å². The van der Waals surface area contributed by atoms with Crippen LogP contribution in [0.15, 0.2) is 42.2 Å². The smallest absolute Gasteiger partial charge is 0.0965 e. The summed E-state index contributed by atoms with van der Waals surface area (Å²) in [6.45, 7) is 7.69. The molecule has 23 heavy (non-hydrogen) atoms. The Hall–Kier alpha value is -1.19. The van der Waals surface area contributed by atoms with Gasteiger partial charge in [-0.05, 0) is 42.4 Å². The number of hydrogen-bond acceptors (Lipinski definition) is 2. The summed E-state index contributed by atoms with van der Waals surface area (Å²) in [5.74, 6) is 0.771. The summed E-state index contributed by atoms with van der Waals surface area (Å²) in [5, 5.41) is 14.0. The summed E-state index contributed by atoms with van der Waals surface area (Å²) in [6, 6.07) is 10.1. The van der Waals surface area contributed by atoms with Crippen LogP contribution in [0.5, 0.6) is 0 Å². The fourth-order valence-electron chi connectivity index (χ4n) is 3.69. The SMILES string of the molecule is CCNC[C@H](O)[C@H](c1ccccc1)C1CC(F)=CC(C(C)C)C1. The molecule has 1 aliphatic carbocycles. The molecule has 2 nitrogen and oxygen atoms in total. The van der Waals surface area contributed by atoms with Gasteiger partial charge in [-0.1, -0.05) is 51.1 Å². The maximum absolute atomic E-state index is 14.2. The summed E-state index contributed by atoms with van der Waals surface area (Å²) < 4.78 is 14.2. The summed E-state index contributed by atoms with van der Waals surface area (Å²) >= 11 is 0. The Kier molecular flexibility index (Phi) is 6.79. The largest absolute Gasteiger partial charge is 0.391 e. The molecule has 0 aromatic heterocycles. The second-order valence-electron chi connectivity index (χ2n) is 7.03.